The highest BCUT2D eigenvalue weighted by Gasteiger charge is 2.06. The molecule has 0 rings (SSSR count). The molecule has 0 saturated heterocycles. The van der Waals surface area contributed by atoms with E-state index in [1.807, 2.05) is 12.2 Å². The Morgan fingerprint density at radius 3 is 1.48 bits per heavy atom. The summed E-state index contributed by atoms with van der Waals surface area (Å²) in [7, 11) is 0. The highest BCUT2D eigenvalue weighted by Crippen LogP contribution is 2.10. The number of hydrogen-bond acceptors (Lipinski definition) is 2. The largest absolute Gasteiger partial charge is 0.300 e. The van der Waals surface area contributed by atoms with Gasteiger partial charge >= 0.3 is 0 Å². The van der Waals surface area contributed by atoms with Gasteiger partial charge in [0, 0.05) is 25.7 Å². The van der Waals surface area contributed by atoms with Crippen LogP contribution in [0.1, 0.15) is 83.5 Å². The van der Waals surface area contributed by atoms with Gasteiger partial charge in [0.1, 0.15) is 11.6 Å². The molecule has 0 amide bonds. The molecule has 0 heterocycles. The van der Waals surface area contributed by atoms with Crippen molar-refractivity contribution in [2.24, 2.45) is 0 Å². The van der Waals surface area contributed by atoms with E-state index in [2.05, 4.69) is 13.2 Å². The first-order valence-corrected chi connectivity index (χ1v) is 8.46. The molecular formula is C19H32O2. The van der Waals surface area contributed by atoms with Crippen molar-refractivity contribution in [3.05, 3.63) is 25.3 Å². The van der Waals surface area contributed by atoms with Gasteiger partial charge in [0.05, 0.1) is 0 Å². The summed E-state index contributed by atoms with van der Waals surface area (Å²) in [6.07, 6.45) is 15.7. The van der Waals surface area contributed by atoms with Crippen LogP contribution in [0.15, 0.2) is 25.3 Å². The topological polar surface area (TPSA) is 34.1 Å². The summed E-state index contributed by atoms with van der Waals surface area (Å²) in [4.78, 5) is 23.3. The van der Waals surface area contributed by atoms with Crippen molar-refractivity contribution in [1.82, 2.24) is 0 Å². The van der Waals surface area contributed by atoms with Gasteiger partial charge in [0.2, 0.25) is 0 Å². The Labute approximate surface area is 130 Å². The van der Waals surface area contributed by atoms with Gasteiger partial charge in [-0.25, -0.2) is 0 Å². The van der Waals surface area contributed by atoms with Crippen molar-refractivity contribution < 1.29 is 9.59 Å². The van der Waals surface area contributed by atoms with Gasteiger partial charge in [-0.15, -0.1) is 13.2 Å². The highest BCUT2D eigenvalue weighted by atomic mass is 16.1. The molecule has 0 radical (unpaired) electrons. The van der Waals surface area contributed by atoms with Crippen molar-refractivity contribution in [1.29, 1.82) is 0 Å². The zero-order chi connectivity index (χ0) is 15.8. The molecular weight excluding hydrogens is 260 g/mol. The summed E-state index contributed by atoms with van der Waals surface area (Å²) in [5, 5.41) is 0. The molecule has 0 aromatic rings. The number of unbranched alkanes of at least 4 members (excludes halogenated alkanes) is 7. The Bertz CT molecular complexity index is 305. The predicted octanol–water partition coefficient (Wildman–Crippen LogP) is 5.57. The van der Waals surface area contributed by atoms with E-state index in [0.717, 1.165) is 38.5 Å². The third-order valence-corrected chi connectivity index (χ3v) is 3.66. The lowest BCUT2D eigenvalue weighted by Gasteiger charge is -2.02. The van der Waals surface area contributed by atoms with Crippen LogP contribution in [-0.2, 0) is 9.59 Å². The number of carbonyl (C=O) groups is 2. The number of ketones is 2. The molecule has 0 aromatic carbocycles. The first kappa shape index (κ1) is 19.8. The van der Waals surface area contributed by atoms with Crippen molar-refractivity contribution >= 4 is 11.6 Å². The molecule has 0 aromatic heterocycles. The van der Waals surface area contributed by atoms with E-state index in [4.69, 9.17) is 0 Å². The van der Waals surface area contributed by atoms with Crippen LogP contribution < -0.4 is 0 Å². The van der Waals surface area contributed by atoms with E-state index >= 15 is 0 Å². The SMILES string of the molecule is C=CCCCCCCCC(=O)CCC(=O)CCCCC=C. The minimum atomic E-state index is 0.233. The molecule has 0 N–H and O–H groups in total. The zero-order valence-electron chi connectivity index (χ0n) is 13.6. The Morgan fingerprint density at radius 1 is 0.571 bits per heavy atom. The number of Topliss-reactive ketones (excluding diaryl/α,β-unsaturated/α-hetero) is 2. The molecule has 0 aliphatic carbocycles. The summed E-state index contributed by atoms with van der Waals surface area (Å²) in [5.74, 6) is 0.484. The van der Waals surface area contributed by atoms with Crippen molar-refractivity contribution in [2.45, 2.75) is 83.5 Å². The van der Waals surface area contributed by atoms with Crippen LogP contribution in [0.5, 0.6) is 0 Å². The van der Waals surface area contributed by atoms with E-state index in [9.17, 15) is 9.59 Å². The zero-order valence-corrected chi connectivity index (χ0v) is 13.6. The van der Waals surface area contributed by atoms with E-state index in [1.165, 1.54) is 19.3 Å². The molecule has 0 aliphatic rings. The maximum atomic E-state index is 11.7. The molecule has 0 fully saturated rings. The Morgan fingerprint density at radius 2 is 0.952 bits per heavy atom. The lowest BCUT2D eigenvalue weighted by Crippen LogP contribution is -2.04. The molecule has 0 atom stereocenters. The second kappa shape index (κ2) is 15.2. The van der Waals surface area contributed by atoms with Gasteiger partial charge in [0.15, 0.2) is 0 Å². The molecule has 21 heavy (non-hydrogen) atoms. The number of rotatable bonds is 16. The fraction of sp³-hybridized carbons (Fsp3) is 0.684. The second-order valence-electron chi connectivity index (χ2n) is 5.71. The lowest BCUT2D eigenvalue weighted by atomic mass is 10.0. The third-order valence-electron chi connectivity index (χ3n) is 3.66. The first-order valence-electron chi connectivity index (χ1n) is 8.46. The van der Waals surface area contributed by atoms with Crippen molar-refractivity contribution in [3.63, 3.8) is 0 Å². The molecule has 2 nitrogen and oxygen atoms in total. The molecule has 0 bridgehead atoms. The van der Waals surface area contributed by atoms with Crippen LogP contribution in [0.3, 0.4) is 0 Å². The fourth-order valence-corrected chi connectivity index (χ4v) is 2.28. The minimum absolute atomic E-state index is 0.233. The quantitative estimate of drug-likeness (QED) is 0.275. The maximum Gasteiger partial charge on any atom is 0.133 e. The average molecular weight is 292 g/mol. The monoisotopic (exact) mass is 292 g/mol. The Hall–Kier alpha value is -1.18. The number of hydrogen-bond donors (Lipinski definition) is 0. The molecule has 0 aliphatic heterocycles. The Kier molecular flexibility index (Phi) is 14.4. The van der Waals surface area contributed by atoms with Crippen LogP contribution in [0.2, 0.25) is 0 Å². The maximum absolute atomic E-state index is 11.7. The lowest BCUT2D eigenvalue weighted by molar-refractivity contribution is -0.124. The van der Waals surface area contributed by atoms with Crippen LogP contribution in [0.4, 0.5) is 0 Å². The summed E-state index contributed by atoms with van der Waals surface area (Å²) < 4.78 is 0. The summed E-state index contributed by atoms with van der Waals surface area (Å²) in [6.45, 7) is 7.36. The summed E-state index contributed by atoms with van der Waals surface area (Å²) in [6, 6.07) is 0. The van der Waals surface area contributed by atoms with Gasteiger partial charge in [-0.2, -0.15) is 0 Å². The predicted molar refractivity (Wildman–Crippen MR) is 90.4 cm³/mol. The smallest absolute Gasteiger partial charge is 0.133 e. The van der Waals surface area contributed by atoms with Gasteiger partial charge in [-0.05, 0) is 38.5 Å². The van der Waals surface area contributed by atoms with Crippen molar-refractivity contribution in [3.8, 4) is 0 Å². The third kappa shape index (κ3) is 15.0. The van der Waals surface area contributed by atoms with Gasteiger partial charge < -0.3 is 0 Å². The first-order chi connectivity index (χ1) is 10.2. The van der Waals surface area contributed by atoms with E-state index in [0.29, 0.717) is 25.7 Å². The molecule has 0 saturated carbocycles. The standard InChI is InChI=1S/C19H32O2/c1-3-5-7-9-10-11-13-15-19(21)17-16-18(20)14-12-8-6-4-2/h3-4H,1-2,5-17H2. The average Bonchev–Trinajstić information content (AvgIpc) is 2.48. The summed E-state index contributed by atoms with van der Waals surface area (Å²) >= 11 is 0. The molecule has 120 valence electrons. The second-order valence-corrected chi connectivity index (χ2v) is 5.71. The molecule has 0 unspecified atom stereocenters. The fourth-order valence-electron chi connectivity index (χ4n) is 2.28. The molecule has 0 spiro atoms. The van der Waals surface area contributed by atoms with Crippen LogP contribution in [-0.4, -0.2) is 11.6 Å². The number of carbonyl (C=O) groups excluding carboxylic acids is 2. The van der Waals surface area contributed by atoms with E-state index < -0.39 is 0 Å². The Balaban J connectivity index is 3.38. The van der Waals surface area contributed by atoms with E-state index in [-0.39, 0.29) is 11.6 Å². The highest BCUT2D eigenvalue weighted by molar-refractivity contribution is 5.85. The minimum Gasteiger partial charge on any atom is -0.300 e. The van der Waals surface area contributed by atoms with Crippen LogP contribution in [0, 0.1) is 0 Å². The normalized spacial score (nSPS) is 10.3. The van der Waals surface area contributed by atoms with Crippen LogP contribution in [0.25, 0.3) is 0 Å². The van der Waals surface area contributed by atoms with Crippen LogP contribution >= 0.6 is 0 Å². The van der Waals surface area contributed by atoms with Gasteiger partial charge in [-0.1, -0.05) is 31.4 Å². The van der Waals surface area contributed by atoms with Crippen molar-refractivity contribution in [2.75, 3.05) is 0 Å². The van der Waals surface area contributed by atoms with E-state index in [1.54, 1.807) is 0 Å². The number of allylic oxidation sites excluding steroid dienone is 2. The van der Waals surface area contributed by atoms with Gasteiger partial charge in [-0.3, -0.25) is 9.59 Å². The van der Waals surface area contributed by atoms with Gasteiger partial charge in [0.25, 0.3) is 0 Å². The molecule has 2 heteroatoms. The summed E-state index contributed by atoms with van der Waals surface area (Å²) in [5.41, 5.74) is 0.